The molecule has 5 heteroatoms. The summed E-state index contributed by atoms with van der Waals surface area (Å²) in [5.74, 6) is 1.21. The van der Waals surface area contributed by atoms with Crippen LogP contribution in [0.4, 0.5) is 5.82 Å². The number of hydrogen-bond donors (Lipinski definition) is 2. The van der Waals surface area contributed by atoms with Crippen LogP contribution in [-0.4, -0.2) is 27.7 Å². The SMILES string of the molecule is CCCC(CC)Nc1ncnc2sc3c(c12)[C@@H](CO)CC3. The second-order valence-electron chi connectivity index (χ2n) is 5.80. The molecule has 1 aliphatic rings. The zero-order valence-corrected chi connectivity index (χ0v) is 13.5. The monoisotopic (exact) mass is 305 g/mol. The van der Waals surface area contributed by atoms with Crippen molar-refractivity contribution in [1.29, 1.82) is 0 Å². The van der Waals surface area contributed by atoms with E-state index in [0.29, 0.717) is 6.04 Å². The number of aliphatic hydroxyl groups is 1. The van der Waals surface area contributed by atoms with Gasteiger partial charge in [0.05, 0.1) is 12.0 Å². The normalized spacial score (nSPS) is 18.9. The van der Waals surface area contributed by atoms with E-state index < -0.39 is 0 Å². The third kappa shape index (κ3) is 2.64. The molecule has 2 N–H and O–H groups in total. The Bertz CT molecular complexity index is 625. The topological polar surface area (TPSA) is 58.0 Å². The van der Waals surface area contributed by atoms with Crippen LogP contribution in [0.15, 0.2) is 6.33 Å². The van der Waals surface area contributed by atoms with Crippen molar-refractivity contribution < 1.29 is 5.11 Å². The third-order valence-electron chi connectivity index (χ3n) is 4.42. The first-order chi connectivity index (χ1) is 10.3. The Hall–Kier alpha value is -1.20. The van der Waals surface area contributed by atoms with Crippen molar-refractivity contribution in [2.45, 2.75) is 57.9 Å². The quantitative estimate of drug-likeness (QED) is 0.854. The number of fused-ring (bicyclic) bond motifs is 3. The highest BCUT2D eigenvalue weighted by molar-refractivity contribution is 7.19. The molecule has 2 aromatic rings. The minimum absolute atomic E-state index is 0.222. The molecule has 1 unspecified atom stereocenters. The lowest BCUT2D eigenvalue weighted by atomic mass is 10.0. The van der Waals surface area contributed by atoms with Gasteiger partial charge in [0, 0.05) is 16.8 Å². The largest absolute Gasteiger partial charge is 0.396 e. The molecule has 3 rings (SSSR count). The lowest BCUT2D eigenvalue weighted by molar-refractivity contribution is 0.265. The number of anilines is 1. The van der Waals surface area contributed by atoms with Crippen LogP contribution >= 0.6 is 11.3 Å². The van der Waals surface area contributed by atoms with E-state index in [9.17, 15) is 5.11 Å². The smallest absolute Gasteiger partial charge is 0.138 e. The second-order valence-corrected chi connectivity index (χ2v) is 6.88. The lowest BCUT2D eigenvalue weighted by Gasteiger charge is -2.18. The van der Waals surface area contributed by atoms with Crippen molar-refractivity contribution in [3.05, 3.63) is 16.8 Å². The first kappa shape index (κ1) is 14.7. The van der Waals surface area contributed by atoms with Crippen molar-refractivity contribution in [2.75, 3.05) is 11.9 Å². The number of aromatic nitrogens is 2. The highest BCUT2D eigenvalue weighted by Crippen LogP contribution is 2.45. The Morgan fingerprint density at radius 2 is 2.29 bits per heavy atom. The maximum atomic E-state index is 9.64. The van der Waals surface area contributed by atoms with Crippen molar-refractivity contribution >= 4 is 27.4 Å². The molecule has 114 valence electrons. The van der Waals surface area contributed by atoms with Crippen molar-refractivity contribution in [3.63, 3.8) is 0 Å². The van der Waals surface area contributed by atoms with Gasteiger partial charge in [0.2, 0.25) is 0 Å². The molecule has 21 heavy (non-hydrogen) atoms. The summed E-state index contributed by atoms with van der Waals surface area (Å²) >= 11 is 1.77. The predicted octanol–water partition coefficient (Wildman–Crippen LogP) is 3.70. The van der Waals surface area contributed by atoms with Crippen LogP contribution in [0.2, 0.25) is 0 Å². The molecular formula is C16H23N3OS. The van der Waals surface area contributed by atoms with Crippen LogP contribution in [-0.2, 0) is 6.42 Å². The van der Waals surface area contributed by atoms with E-state index in [1.54, 1.807) is 17.7 Å². The number of aryl methyl sites for hydroxylation is 1. The summed E-state index contributed by atoms with van der Waals surface area (Å²) in [4.78, 5) is 11.4. The molecule has 0 fully saturated rings. The highest BCUT2D eigenvalue weighted by Gasteiger charge is 2.29. The van der Waals surface area contributed by atoms with Gasteiger partial charge in [-0.3, -0.25) is 0 Å². The molecule has 0 amide bonds. The Kier molecular flexibility index (Phi) is 4.40. The Morgan fingerprint density at radius 1 is 1.43 bits per heavy atom. The maximum absolute atomic E-state index is 9.64. The van der Waals surface area contributed by atoms with Gasteiger partial charge in [0.1, 0.15) is 17.0 Å². The molecule has 0 radical (unpaired) electrons. The number of nitrogens with zero attached hydrogens (tertiary/aromatic N) is 2. The zero-order chi connectivity index (χ0) is 14.8. The van der Waals surface area contributed by atoms with E-state index in [4.69, 9.17) is 0 Å². The lowest BCUT2D eigenvalue weighted by Crippen LogP contribution is -2.19. The van der Waals surface area contributed by atoms with E-state index in [-0.39, 0.29) is 12.5 Å². The van der Waals surface area contributed by atoms with Crippen LogP contribution in [0.3, 0.4) is 0 Å². The van der Waals surface area contributed by atoms with Gasteiger partial charge in [-0.25, -0.2) is 9.97 Å². The van der Waals surface area contributed by atoms with E-state index in [0.717, 1.165) is 41.7 Å². The summed E-state index contributed by atoms with van der Waals surface area (Å²) in [6.45, 7) is 4.64. The molecule has 4 nitrogen and oxygen atoms in total. The third-order valence-corrected chi connectivity index (χ3v) is 5.59. The Labute approximate surface area is 129 Å². The molecular weight excluding hydrogens is 282 g/mol. The van der Waals surface area contributed by atoms with E-state index in [1.807, 2.05) is 0 Å². The standard InChI is InChI=1S/C16H23N3OS/c1-3-5-11(4-2)19-15-14-13-10(8-20)6-7-12(13)21-16(14)18-9-17-15/h9-11,20H,3-8H2,1-2H3,(H,17,18,19)/t10-,11?/m1/s1. The van der Waals surface area contributed by atoms with Gasteiger partial charge in [-0.2, -0.15) is 0 Å². The Morgan fingerprint density at radius 3 is 3.00 bits per heavy atom. The van der Waals surface area contributed by atoms with Gasteiger partial charge < -0.3 is 10.4 Å². The molecule has 0 aromatic carbocycles. The molecule has 1 aliphatic carbocycles. The first-order valence-electron chi connectivity index (χ1n) is 7.92. The molecule has 0 saturated carbocycles. The minimum Gasteiger partial charge on any atom is -0.396 e. The van der Waals surface area contributed by atoms with Crippen LogP contribution < -0.4 is 5.32 Å². The van der Waals surface area contributed by atoms with Crippen molar-refractivity contribution in [1.82, 2.24) is 9.97 Å². The first-order valence-corrected chi connectivity index (χ1v) is 8.73. The summed E-state index contributed by atoms with van der Waals surface area (Å²) < 4.78 is 0. The molecule has 0 bridgehead atoms. The summed E-state index contributed by atoms with van der Waals surface area (Å²) in [7, 11) is 0. The van der Waals surface area contributed by atoms with Crippen LogP contribution in [0, 0.1) is 0 Å². The fourth-order valence-corrected chi connectivity index (χ4v) is 4.52. The molecule has 2 heterocycles. The minimum atomic E-state index is 0.222. The highest BCUT2D eigenvalue weighted by atomic mass is 32.1. The fraction of sp³-hybridized carbons (Fsp3) is 0.625. The van der Waals surface area contributed by atoms with Crippen LogP contribution in [0.5, 0.6) is 0 Å². The van der Waals surface area contributed by atoms with Gasteiger partial charge >= 0.3 is 0 Å². The summed E-state index contributed by atoms with van der Waals surface area (Å²) in [6.07, 6.45) is 7.18. The molecule has 2 atom stereocenters. The number of aliphatic hydroxyl groups excluding tert-OH is 1. The second kappa shape index (κ2) is 6.28. The number of thiophene rings is 1. The maximum Gasteiger partial charge on any atom is 0.138 e. The van der Waals surface area contributed by atoms with Gasteiger partial charge in [0.25, 0.3) is 0 Å². The van der Waals surface area contributed by atoms with Gasteiger partial charge in [0.15, 0.2) is 0 Å². The summed E-state index contributed by atoms with van der Waals surface area (Å²) in [5, 5.41) is 14.4. The van der Waals surface area contributed by atoms with E-state index >= 15 is 0 Å². The summed E-state index contributed by atoms with van der Waals surface area (Å²) in [5.41, 5.74) is 1.30. The van der Waals surface area contributed by atoms with E-state index in [1.165, 1.54) is 16.9 Å². The van der Waals surface area contributed by atoms with E-state index in [2.05, 4.69) is 29.1 Å². The fourth-order valence-electron chi connectivity index (χ4n) is 3.28. The number of nitrogens with one attached hydrogen (secondary N) is 1. The molecule has 0 saturated heterocycles. The van der Waals surface area contributed by atoms with Crippen molar-refractivity contribution in [2.24, 2.45) is 0 Å². The molecule has 2 aromatic heterocycles. The van der Waals surface area contributed by atoms with Gasteiger partial charge in [-0.15, -0.1) is 11.3 Å². The number of hydrogen-bond acceptors (Lipinski definition) is 5. The van der Waals surface area contributed by atoms with Crippen molar-refractivity contribution in [3.8, 4) is 0 Å². The number of rotatable bonds is 6. The zero-order valence-electron chi connectivity index (χ0n) is 12.7. The predicted molar refractivity (Wildman–Crippen MR) is 88.2 cm³/mol. The van der Waals surface area contributed by atoms with Crippen LogP contribution in [0.25, 0.3) is 10.2 Å². The average Bonchev–Trinajstić information content (AvgIpc) is 3.05. The van der Waals surface area contributed by atoms with Gasteiger partial charge in [-0.1, -0.05) is 20.3 Å². The Balaban J connectivity index is 2.03. The summed E-state index contributed by atoms with van der Waals surface area (Å²) in [6, 6.07) is 0.456. The molecule has 0 aliphatic heterocycles. The average molecular weight is 305 g/mol. The molecule has 0 spiro atoms. The van der Waals surface area contributed by atoms with Crippen LogP contribution in [0.1, 0.15) is 55.9 Å². The van der Waals surface area contributed by atoms with Gasteiger partial charge in [-0.05, 0) is 31.2 Å².